The molecule has 2 heterocycles. The molecule has 1 fully saturated rings. The summed E-state index contributed by atoms with van der Waals surface area (Å²) in [6.07, 6.45) is 1.54. The summed E-state index contributed by atoms with van der Waals surface area (Å²) >= 11 is -0.176. The molecule has 8 heteroatoms. The molecule has 2 aliphatic heterocycles. The van der Waals surface area contributed by atoms with Crippen molar-refractivity contribution in [3.8, 4) is 16.9 Å². The molecule has 1 atom stereocenters. The second-order valence-electron chi connectivity index (χ2n) is 8.20. The summed E-state index contributed by atoms with van der Waals surface area (Å²) in [5.41, 5.74) is 3.06. The van der Waals surface area contributed by atoms with Crippen molar-refractivity contribution >= 4 is 55.5 Å². The van der Waals surface area contributed by atoms with Gasteiger partial charge in [-0.1, -0.05) is 0 Å². The van der Waals surface area contributed by atoms with Gasteiger partial charge in [-0.2, -0.15) is 0 Å². The number of hydrogen-bond acceptors (Lipinski definition) is 5. The fourth-order valence-electron chi connectivity index (χ4n) is 4.60. The molecule has 176 valence electrons. The fraction of sp³-hybridized carbons (Fsp3) is 0.111. The third-order valence-corrected chi connectivity index (χ3v) is 21.4. The molecule has 0 amide bonds. The molecule has 1 N–H and O–H groups in total. The summed E-state index contributed by atoms with van der Waals surface area (Å²) in [4.78, 5) is 3.24. The van der Waals surface area contributed by atoms with Gasteiger partial charge < -0.3 is 0 Å². The van der Waals surface area contributed by atoms with Gasteiger partial charge >= 0.3 is 219 Å². The van der Waals surface area contributed by atoms with E-state index in [4.69, 9.17) is 0 Å². The molecule has 2 nitrogen and oxygen atoms in total. The summed E-state index contributed by atoms with van der Waals surface area (Å²) in [5, 5.41) is 10.9. The van der Waals surface area contributed by atoms with Gasteiger partial charge in [0, 0.05) is 0 Å². The first-order chi connectivity index (χ1) is 17.0. The Kier molecular flexibility index (Phi) is 6.30. The Hall–Kier alpha value is -2.05. The van der Waals surface area contributed by atoms with Crippen LogP contribution in [0.3, 0.4) is 0 Å². The van der Waals surface area contributed by atoms with E-state index in [0.29, 0.717) is 16.1 Å². The summed E-state index contributed by atoms with van der Waals surface area (Å²) < 4.78 is 32.7. The minimum atomic E-state index is -1.57. The van der Waals surface area contributed by atoms with Crippen molar-refractivity contribution in [3.63, 3.8) is 0 Å². The van der Waals surface area contributed by atoms with Crippen molar-refractivity contribution in [2.45, 2.75) is 10.9 Å². The van der Waals surface area contributed by atoms with Crippen LogP contribution in [-0.2, 0) is 0 Å². The molecule has 1 saturated heterocycles. The monoisotopic (exact) mass is 583 g/mol. The molecule has 3 aromatic rings. The molecule has 1 aliphatic carbocycles. The number of anilines is 2. The second-order valence-corrected chi connectivity index (χ2v) is 20.8. The maximum absolute atomic E-state index is 15.8. The number of thioether (sulfide) groups is 1. The van der Waals surface area contributed by atoms with Crippen molar-refractivity contribution in [1.29, 1.82) is 0 Å². The Morgan fingerprint density at radius 2 is 1.63 bits per heavy atom. The van der Waals surface area contributed by atoms with E-state index in [0.717, 1.165) is 38.0 Å². The van der Waals surface area contributed by atoms with Gasteiger partial charge in [-0.05, 0) is 0 Å². The molecule has 6 rings (SSSR count). The number of aromatic hydroxyl groups is 1. The molecular weight excluding hydrogens is 563 g/mol. The molecule has 0 saturated carbocycles. The van der Waals surface area contributed by atoms with E-state index in [9.17, 15) is 5.11 Å². The van der Waals surface area contributed by atoms with E-state index in [-0.39, 0.29) is 17.3 Å². The van der Waals surface area contributed by atoms with Crippen LogP contribution in [0.25, 0.3) is 11.1 Å². The Morgan fingerprint density at radius 3 is 2.31 bits per heavy atom. The molecule has 1 unspecified atom stereocenters. The number of fused-ring (bicyclic) bond motifs is 2. The molecular formula is C27H20AsF2NOS3. The van der Waals surface area contributed by atoms with Gasteiger partial charge in [-0.25, -0.2) is 0 Å². The Bertz CT molecular complexity index is 1390. The van der Waals surface area contributed by atoms with Crippen LogP contribution in [0.5, 0.6) is 5.75 Å². The quantitative estimate of drug-likeness (QED) is 0.315. The molecule has 3 aromatic carbocycles. The van der Waals surface area contributed by atoms with Crippen molar-refractivity contribution < 1.29 is 13.9 Å². The van der Waals surface area contributed by atoms with Crippen LogP contribution in [0.2, 0.25) is 0 Å². The van der Waals surface area contributed by atoms with Gasteiger partial charge in [-0.15, -0.1) is 0 Å². The van der Waals surface area contributed by atoms with Crippen LogP contribution in [0.1, 0.15) is 0 Å². The van der Waals surface area contributed by atoms with E-state index in [1.165, 1.54) is 17.8 Å². The molecule has 3 aliphatic rings. The van der Waals surface area contributed by atoms with E-state index < -0.39 is 24.2 Å². The fourth-order valence-corrected chi connectivity index (χ4v) is 22.6. The Balaban J connectivity index is 1.68. The van der Waals surface area contributed by atoms with Gasteiger partial charge in [0.2, 0.25) is 0 Å². The van der Waals surface area contributed by atoms with E-state index >= 15 is 8.78 Å². The molecule has 0 aromatic heterocycles. The van der Waals surface area contributed by atoms with Crippen LogP contribution in [-0.4, -0.2) is 35.0 Å². The van der Waals surface area contributed by atoms with Crippen LogP contribution >= 0.6 is 31.8 Å². The topological polar surface area (TPSA) is 23.5 Å². The van der Waals surface area contributed by atoms with E-state index in [1.807, 2.05) is 80.7 Å². The molecule has 0 radical (unpaired) electrons. The zero-order valence-electron chi connectivity index (χ0n) is 18.4. The number of phenolic OH excluding ortho intramolecular Hbond substituents is 1. The summed E-state index contributed by atoms with van der Waals surface area (Å²) in [7, 11) is 3.96. The van der Waals surface area contributed by atoms with Gasteiger partial charge in [-0.3, -0.25) is 0 Å². The van der Waals surface area contributed by atoms with Crippen LogP contribution < -0.4 is 4.90 Å². The molecule has 0 spiro atoms. The van der Waals surface area contributed by atoms with Gasteiger partial charge in [0.1, 0.15) is 0 Å². The third-order valence-electron chi connectivity index (χ3n) is 6.04. The summed E-state index contributed by atoms with van der Waals surface area (Å²) in [5.74, 6) is 1.13. The van der Waals surface area contributed by atoms with Crippen molar-refractivity contribution in [2.24, 2.45) is 0 Å². The number of allylic oxidation sites excluding steroid dienone is 3. The average Bonchev–Trinajstić information content (AvgIpc) is 3.38. The first kappa shape index (κ1) is 23.4. The minimum absolute atomic E-state index is 0.123. The number of rotatable bonds is 3. The van der Waals surface area contributed by atoms with Gasteiger partial charge in [0.15, 0.2) is 0 Å². The third kappa shape index (κ3) is 3.97. The number of nitrogens with zero attached hydrogens (tertiary/aromatic N) is 1. The van der Waals surface area contributed by atoms with Gasteiger partial charge in [0.05, 0.1) is 0 Å². The van der Waals surface area contributed by atoms with Crippen LogP contribution in [0.4, 0.5) is 20.2 Å². The van der Waals surface area contributed by atoms with Gasteiger partial charge in [0.25, 0.3) is 0 Å². The predicted molar refractivity (Wildman–Crippen MR) is 148 cm³/mol. The first-order valence-corrected chi connectivity index (χ1v) is 19.3. The van der Waals surface area contributed by atoms with E-state index in [2.05, 4.69) is 6.58 Å². The zero-order valence-corrected chi connectivity index (χ0v) is 22.8. The normalized spacial score (nSPS) is 20.1. The number of para-hydroxylation sites is 1. The standard InChI is InChI=1S/C27H20AsF2NOS3/c1-16-14-19(29)25-27(23(16)28-33-12-13-34-28)35-26-22(17-8-4-2-5-9-17)21(32)15-20(30)24(26)31(25)18-10-6-3-7-11-18/h2-11,14-15,25,32H,1,12-13H2. The van der Waals surface area contributed by atoms with Crippen molar-refractivity contribution in [2.75, 3.05) is 16.4 Å². The van der Waals surface area contributed by atoms with Crippen LogP contribution in [0.15, 0.2) is 105 Å². The average molecular weight is 584 g/mol. The zero-order chi connectivity index (χ0) is 24.1. The second kappa shape index (κ2) is 9.44. The van der Waals surface area contributed by atoms with Crippen molar-refractivity contribution in [1.82, 2.24) is 0 Å². The Morgan fingerprint density at radius 1 is 0.971 bits per heavy atom. The molecule has 0 bridgehead atoms. The van der Waals surface area contributed by atoms with Crippen LogP contribution in [0, 0.1) is 5.82 Å². The predicted octanol–water partition coefficient (Wildman–Crippen LogP) is 8.00. The van der Waals surface area contributed by atoms with Crippen molar-refractivity contribution in [3.05, 3.63) is 106 Å². The molecule has 35 heavy (non-hydrogen) atoms. The maximum atomic E-state index is 15.8. The number of benzene rings is 3. The first-order valence-electron chi connectivity index (χ1n) is 11.0. The SMILES string of the molecule is C=C1C=C(F)C2C(=C1[As]1SCCS1)Sc1c(-c3ccccc3)c(O)cc(F)c1N2c1ccccc1. The summed E-state index contributed by atoms with van der Waals surface area (Å²) in [6, 6.07) is 19.3. The number of phenols is 1. The number of halogens is 2. The van der Waals surface area contributed by atoms with E-state index in [1.54, 1.807) is 4.90 Å². The summed E-state index contributed by atoms with van der Waals surface area (Å²) in [6.45, 7) is 4.23. The Labute approximate surface area is 218 Å². The number of hydrogen-bond donors (Lipinski definition) is 1.